The molecule has 0 fully saturated rings. The summed E-state index contributed by atoms with van der Waals surface area (Å²) in [5.74, 6) is -7.68. The number of benzene rings is 3. The minimum atomic E-state index is -1.60. The molecule has 0 unspecified atom stereocenters. The van der Waals surface area contributed by atoms with Gasteiger partial charge in [0, 0.05) is 24.6 Å². The summed E-state index contributed by atoms with van der Waals surface area (Å²) in [4.78, 5) is 69.0. The molecule has 0 aliphatic carbocycles. The van der Waals surface area contributed by atoms with E-state index in [0.717, 1.165) is 6.07 Å². The Balaban J connectivity index is 0.000000423. The van der Waals surface area contributed by atoms with Crippen LogP contribution in [-0.4, -0.2) is 61.7 Å². The summed E-state index contributed by atoms with van der Waals surface area (Å²) in [6.45, 7) is 3.16. The van der Waals surface area contributed by atoms with Gasteiger partial charge in [-0.05, 0) is 49.7 Å². The van der Waals surface area contributed by atoms with E-state index in [1.807, 2.05) is 0 Å². The third-order valence-corrected chi connectivity index (χ3v) is 5.97. The summed E-state index contributed by atoms with van der Waals surface area (Å²) in [5, 5.41) is 47.8. The number of aryl methyl sites for hydroxylation is 1. The Morgan fingerprint density at radius 3 is 2.11 bits per heavy atom. The molecule has 3 aromatic rings. The second kappa shape index (κ2) is 13.7. The number of carbonyl (C=O) groups is 6. The summed E-state index contributed by atoms with van der Waals surface area (Å²) in [5.41, 5.74) is -1.80. The lowest BCUT2D eigenvalue weighted by atomic mass is 10.0. The van der Waals surface area contributed by atoms with Crippen LogP contribution < -0.4 is 14.2 Å². The van der Waals surface area contributed by atoms with Gasteiger partial charge in [-0.3, -0.25) is 9.59 Å². The van der Waals surface area contributed by atoms with Crippen LogP contribution in [0.25, 0.3) is 0 Å². The van der Waals surface area contributed by atoms with Gasteiger partial charge in [-0.25, -0.2) is 19.2 Å². The molecule has 15 nitrogen and oxygen atoms in total. The minimum absolute atomic E-state index is 0.154. The SMILES string of the molecule is CC(=O)Oc1ccc(O)cc1.Cc1cc(O)c(C=O)c2c1C(=O)Oc1c(COC(=O)C=CC(=O)O)c(O)c(C(=O)O)c(C)c1O2. The number of ether oxygens (including phenoxy) is 4. The molecular formula is C30H24O15. The number of carbonyl (C=O) groups excluding carboxylic acids is 4. The van der Waals surface area contributed by atoms with E-state index in [1.54, 1.807) is 0 Å². The van der Waals surface area contributed by atoms with Gasteiger partial charge in [-0.15, -0.1) is 0 Å². The number of fused-ring (bicyclic) bond motifs is 2. The Hall–Kier alpha value is -6.38. The van der Waals surface area contributed by atoms with E-state index in [2.05, 4.69) is 0 Å². The number of carboxylic acid groups (broad SMARTS) is 2. The molecule has 0 aromatic heterocycles. The molecular weight excluding hydrogens is 600 g/mol. The van der Waals surface area contributed by atoms with Crippen molar-refractivity contribution in [2.45, 2.75) is 27.4 Å². The number of aromatic carboxylic acids is 1. The highest BCUT2D eigenvalue weighted by atomic mass is 16.6. The molecule has 0 atom stereocenters. The smallest absolute Gasteiger partial charge is 0.347 e. The van der Waals surface area contributed by atoms with Crippen LogP contribution in [0, 0.1) is 13.8 Å². The topological polar surface area (TPSA) is 240 Å². The summed E-state index contributed by atoms with van der Waals surface area (Å²) in [7, 11) is 0. The van der Waals surface area contributed by atoms with Crippen LogP contribution in [0.15, 0.2) is 42.5 Å². The largest absolute Gasteiger partial charge is 0.508 e. The normalized spacial score (nSPS) is 11.4. The molecule has 0 bridgehead atoms. The van der Waals surface area contributed by atoms with Gasteiger partial charge >= 0.3 is 29.8 Å². The lowest BCUT2D eigenvalue weighted by molar-refractivity contribution is -0.140. The predicted molar refractivity (Wildman–Crippen MR) is 149 cm³/mol. The first-order valence-corrected chi connectivity index (χ1v) is 12.5. The maximum Gasteiger partial charge on any atom is 0.347 e. The molecule has 234 valence electrons. The second-order valence-corrected chi connectivity index (χ2v) is 9.10. The van der Waals surface area contributed by atoms with Gasteiger partial charge in [0.25, 0.3) is 0 Å². The van der Waals surface area contributed by atoms with Crippen molar-refractivity contribution in [3.05, 3.63) is 75.9 Å². The molecule has 0 radical (unpaired) electrons. The lowest BCUT2D eigenvalue weighted by Crippen LogP contribution is -2.13. The zero-order valence-electron chi connectivity index (χ0n) is 23.6. The van der Waals surface area contributed by atoms with Gasteiger partial charge in [0.1, 0.15) is 40.7 Å². The summed E-state index contributed by atoms with van der Waals surface area (Å²) in [6.07, 6.45) is 1.30. The number of hydrogen-bond donors (Lipinski definition) is 5. The van der Waals surface area contributed by atoms with Crippen LogP contribution in [0.5, 0.6) is 40.2 Å². The Morgan fingerprint density at radius 1 is 0.911 bits per heavy atom. The number of esters is 3. The molecule has 1 heterocycles. The van der Waals surface area contributed by atoms with Crippen molar-refractivity contribution in [1.82, 2.24) is 0 Å². The van der Waals surface area contributed by atoms with Crippen molar-refractivity contribution in [1.29, 1.82) is 0 Å². The number of aliphatic carboxylic acids is 1. The highest BCUT2D eigenvalue weighted by molar-refractivity contribution is 6.02. The zero-order chi connectivity index (χ0) is 33.6. The molecule has 0 saturated heterocycles. The second-order valence-electron chi connectivity index (χ2n) is 9.10. The first-order chi connectivity index (χ1) is 21.2. The zero-order valence-corrected chi connectivity index (χ0v) is 23.6. The Bertz CT molecular complexity index is 1750. The molecule has 0 spiro atoms. The van der Waals surface area contributed by atoms with Crippen molar-refractivity contribution < 1.29 is 73.2 Å². The highest BCUT2D eigenvalue weighted by Crippen LogP contribution is 2.50. The Labute approximate surface area is 253 Å². The van der Waals surface area contributed by atoms with E-state index in [-0.39, 0.29) is 40.4 Å². The van der Waals surface area contributed by atoms with Crippen LogP contribution in [-0.2, 0) is 25.7 Å². The van der Waals surface area contributed by atoms with Gasteiger partial charge in [-0.2, -0.15) is 0 Å². The quantitative estimate of drug-likeness (QED) is 0.109. The Morgan fingerprint density at radius 2 is 1.56 bits per heavy atom. The van der Waals surface area contributed by atoms with E-state index in [0.29, 0.717) is 17.9 Å². The molecule has 3 aromatic carbocycles. The number of carboxylic acids is 2. The molecule has 1 aliphatic rings. The maximum atomic E-state index is 12.9. The molecule has 45 heavy (non-hydrogen) atoms. The number of aldehydes is 1. The average Bonchev–Trinajstić information content (AvgIpc) is 3.10. The summed E-state index contributed by atoms with van der Waals surface area (Å²) in [6, 6.07) is 7.09. The molecule has 0 amide bonds. The van der Waals surface area contributed by atoms with Gasteiger partial charge in [0.2, 0.25) is 0 Å². The molecule has 5 N–H and O–H groups in total. The van der Waals surface area contributed by atoms with E-state index < -0.39 is 70.2 Å². The standard InChI is InChI=1S/C22H16O12.C8H8O3/c1-8-5-12(24)10(6-23)19-15(8)22(31)34-20-11(7-32-14(27)4-3-13(25)26)17(28)16(21(29)30)9(2)18(20)33-19;1-6(9)11-8-4-2-7(10)3-5-8/h3-6,24,28H,7H2,1-2H3,(H,25,26)(H,29,30);2-5,10H,1H3. The fourth-order valence-electron chi connectivity index (χ4n) is 4.00. The van der Waals surface area contributed by atoms with Gasteiger partial charge < -0.3 is 44.5 Å². The van der Waals surface area contributed by atoms with Gasteiger partial charge in [-0.1, -0.05) is 0 Å². The summed E-state index contributed by atoms with van der Waals surface area (Å²) < 4.78 is 20.6. The average molecular weight is 625 g/mol. The monoisotopic (exact) mass is 624 g/mol. The van der Waals surface area contributed by atoms with Crippen molar-refractivity contribution in [2.75, 3.05) is 0 Å². The summed E-state index contributed by atoms with van der Waals surface area (Å²) >= 11 is 0. The number of aromatic hydroxyl groups is 3. The van der Waals surface area contributed by atoms with Crippen LogP contribution in [0.2, 0.25) is 0 Å². The van der Waals surface area contributed by atoms with E-state index >= 15 is 0 Å². The molecule has 0 saturated carbocycles. The van der Waals surface area contributed by atoms with E-state index in [4.69, 9.17) is 29.2 Å². The Kier molecular flexibility index (Phi) is 10.1. The van der Waals surface area contributed by atoms with Crippen LogP contribution in [0.4, 0.5) is 0 Å². The molecule has 1 aliphatic heterocycles. The number of phenolic OH excluding ortho intramolecular Hbond substituents is 2. The number of phenols is 3. The van der Waals surface area contributed by atoms with Crippen molar-refractivity contribution in [2.24, 2.45) is 0 Å². The fourth-order valence-corrected chi connectivity index (χ4v) is 4.00. The maximum absolute atomic E-state index is 12.9. The van der Waals surface area contributed by atoms with Gasteiger partial charge in [0.05, 0.1) is 11.1 Å². The molecule has 15 heteroatoms. The van der Waals surface area contributed by atoms with Crippen molar-refractivity contribution in [3.63, 3.8) is 0 Å². The fraction of sp³-hybridized carbons (Fsp3) is 0.133. The third-order valence-electron chi connectivity index (χ3n) is 5.97. The lowest BCUT2D eigenvalue weighted by Gasteiger charge is -2.18. The van der Waals surface area contributed by atoms with E-state index in [1.165, 1.54) is 45.0 Å². The number of hydrogen-bond acceptors (Lipinski definition) is 13. The van der Waals surface area contributed by atoms with Crippen molar-refractivity contribution in [3.8, 4) is 40.2 Å². The highest BCUT2D eigenvalue weighted by Gasteiger charge is 2.35. The first-order valence-electron chi connectivity index (χ1n) is 12.5. The predicted octanol–water partition coefficient (Wildman–Crippen LogP) is 3.55. The van der Waals surface area contributed by atoms with Crippen LogP contribution >= 0.6 is 0 Å². The van der Waals surface area contributed by atoms with Crippen LogP contribution in [0.3, 0.4) is 0 Å². The molecule has 4 rings (SSSR count). The van der Waals surface area contributed by atoms with Crippen molar-refractivity contribution >= 4 is 36.1 Å². The number of rotatable bonds is 7. The van der Waals surface area contributed by atoms with Crippen LogP contribution in [0.1, 0.15) is 54.7 Å². The van der Waals surface area contributed by atoms with Gasteiger partial charge in [0.15, 0.2) is 23.5 Å². The minimum Gasteiger partial charge on any atom is -0.508 e. The van der Waals surface area contributed by atoms with E-state index in [9.17, 15) is 44.1 Å². The first kappa shape index (κ1) is 33.1. The third kappa shape index (κ3) is 7.53.